The molecule has 5 rings (SSSR count). The van der Waals surface area contributed by atoms with Gasteiger partial charge in [0.05, 0.1) is 12.6 Å². The Kier molecular flexibility index (Phi) is 7.23. The summed E-state index contributed by atoms with van der Waals surface area (Å²) in [6, 6.07) is 19.5. The number of nitrogens with zero attached hydrogens (tertiary/aromatic N) is 2. The van der Waals surface area contributed by atoms with Crippen LogP contribution in [-0.2, 0) is 17.8 Å². The maximum Gasteiger partial charge on any atom is 0.237 e. The van der Waals surface area contributed by atoms with Gasteiger partial charge in [0.2, 0.25) is 5.91 Å². The van der Waals surface area contributed by atoms with Gasteiger partial charge in [0.15, 0.2) is 0 Å². The minimum Gasteiger partial charge on any atom is -0.334 e. The number of hydrogen-bond acceptors (Lipinski definition) is 3. The largest absolute Gasteiger partial charge is 0.334 e. The minimum atomic E-state index is 0. The summed E-state index contributed by atoms with van der Waals surface area (Å²) in [6.45, 7) is 5.34. The highest BCUT2D eigenvalue weighted by atomic mass is 35.5. The van der Waals surface area contributed by atoms with Gasteiger partial charge in [-0.2, -0.15) is 0 Å². The first kappa shape index (κ1) is 22.1. The standard InChI is InChI=1S/C23H27N3O.2ClH/c27-22(16-25-11-10-17-6-4-5-9-19(17)14-25)26-15-20-12-24-13-21(20)23(26)18-7-2-1-3-8-18;;/h1-9,20-21,23-24H,10-16H2;2*1H/t20-,21-,23+;;/m0../s1. The van der Waals surface area contributed by atoms with E-state index in [1.165, 1.54) is 16.7 Å². The molecule has 2 aromatic rings. The van der Waals surface area contributed by atoms with Crippen molar-refractivity contribution in [1.29, 1.82) is 0 Å². The zero-order valence-electron chi connectivity index (χ0n) is 16.5. The van der Waals surface area contributed by atoms with E-state index in [9.17, 15) is 4.79 Å². The highest BCUT2D eigenvalue weighted by molar-refractivity contribution is 5.85. The molecular weight excluding hydrogens is 405 g/mol. The van der Waals surface area contributed by atoms with Crippen LogP contribution >= 0.6 is 24.8 Å². The zero-order chi connectivity index (χ0) is 18.2. The van der Waals surface area contributed by atoms with Gasteiger partial charge in [-0.3, -0.25) is 9.69 Å². The van der Waals surface area contributed by atoms with Crippen LogP contribution in [0.4, 0.5) is 0 Å². The molecule has 1 N–H and O–H groups in total. The molecule has 3 atom stereocenters. The van der Waals surface area contributed by atoms with Crippen LogP contribution in [0.25, 0.3) is 0 Å². The Morgan fingerprint density at radius 3 is 2.48 bits per heavy atom. The van der Waals surface area contributed by atoms with Gasteiger partial charge >= 0.3 is 0 Å². The Labute approximate surface area is 185 Å². The van der Waals surface area contributed by atoms with E-state index >= 15 is 0 Å². The molecule has 0 bridgehead atoms. The quantitative estimate of drug-likeness (QED) is 0.806. The number of carbonyl (C=O) groups is 1. The van der Waals surface area contributed by atoms with Crippen molar-refractivity contribution in [3.05, 3.63) is 71.3 Å². The average molecular weight is 434 g/mol. The van der Waals surface area contributed by atoms with Crippen molar-refractivity contribution in [1.82, 2.24) is 15.1 Å². The number of hydrogen-bond donors (Lipinski definition) is 1. The SMILES string of the molecule is Cl.Cl.O=C(CN1CCc2ccccc2C1)N1C[C@@H]2CNC[C@@H]2[C@H]1c1ccccc1. The van der Waals surface area contributed by atoms with Gasteiger partial charge in [-0.25, -0.2) is 0 Å². The minimum absolute atomic E-state index is 0. The smallest absolute Gasteiger partial charge is 0.237 e. The van der Waals surface area contributed by atoms with Gasteiger partial charge in [0.1, 0.15) is 0 Å². The molecule has 2 fully saturated rings. The second kappa shape index (κ2) is 9.48. The molecule has 0 saturated carbocycles. The van der Waals surface area contributed by atoms with Crippen LogP contribution in [0.3, 0.4) is 0 Å². The van der Waals surface area contributed by atoms with Crippen molar-refractivity contribution >= 4 is 30.7 Å². The first-order valence-corrected chi connectivity index (χ1v) is 10.1. The summed E-state index contributed by atoms with van der Waals surface area (Å²) in [5, 5.41) is 3.53. The van der Waals surface area contributed by atoms with E-state index in [1.807, 2.05) is 0 Å². The molecule has 1 amide bonds. The molecule has 2 aromatic carbocycles. The molecule has 0 aromatic heterocycles. The van der Waals surface area contributed by atoms with E-state index in [0.29, 0.717) is 18.4 Å². The lowest BCUT2D eigenvalue weighted by Crippen LogP contribution is -2.43. The third kappa shape index (κ3) is 4.31. The monoisotopic (exact) mass is 433 g/mol. The Balaban J connectivity index is 0.00000120. The summed E-state index contributed by atoms with van der Waals surface area (Å²) in [5.74, 6) is 1.41. The van der Waals surface area contributed by atoms with Crippen LogP contribution in [0, 0.1) is 11.8 Å². The van der Waals surface area contributed by atoms with Gasteiger partial charge in [-0.15, -0.1) is 24.8 Å². The molecule has 0 spiro atoms. The van der Waals surface area contributed by atoms with Gasteiger partial charge in [-0.05, 0) is 29.0 Å². The first-order valence-electron chi connectivity index (χ1n) is 10.1. The van der Waals surface area contributed by atoms with Gasteiger partial charge in [0, 0.05) is 38.6 Å². The van der Waals surface area contributed by atoms with Crippen LogP contribution in [0.1, 0.15) is 22.7 Å². The molecule has 2 saturated heterocycles. The Morgan fingerprint density at radius 2 is 1.69 bits per heavy atom. The van der Waals surface area contributed by atoms with Crippen molar-refractivity contribution in [2.24, 2.45) is 11.8 Å². The van der Waals surface area contributed by atoms with Crippen LogP contribution in [0.5, 0.6) is 0 Å². The van der Waals surface area contributed by atoms with Gasteiger partial charge < -0.3 is 10.2 Å². The Hall–Kier alpha value is -1.59. The highest BCUT2D eigenvalue weighted by Crippen LogP contribution is 2.42. The molecule has 0 unspecified atom stereocenters. The summed E-state index contributed by atoms with van der Waals surface area (Å²) in [7, 11) is 0. The fourth-order valence-electron chi connectivity index (χ4n) is 5.23. The number of nitrogens with one attached hydrogen (secondary N) is 1. The third-order valence-corrected chi connectivity index (χ3v) is 6.59. The number of benzene rings is 2. The lowest BCUT2D eigenvalue weighted by Gasteiger charge is -2.33. The number of amides is 1. The Morgan fingerprint density at radius 1 is 0.966 bits per heavy atom. The zero-order valence-corrected chi connectivity index (χ0v) is 18.1. The van der Waals surface area contributed by atoms with E-state index in [1.54, 1.807) is 0 Å². The molecule has 6 heteroatoms. The maximum absolute atomic E-state index is 13.3. The molecule has 156 valence electrons. The van der Waals surface area contributed by atoms with Crippen LogP contribution in [0.2, 0.25) is 0 Å². The predicted molar refractivity (Wildman–Crippen MR) is 121 cm³/mol. The second-order valence-corrected chi connectivity index (χ2v) is 8.21. The number of likely N-dealkylation sites (tertiary alicyclic amines) is 1. The second-order valence-electron chi connectivity index (χ2n) is 8.21. The lowest BCUT2D eigenvalue weighted by atomic mass is 9.89. The summed E-state index contributed by atoms with van der Waals surface area (Å²) >= 11 is 0. The number of carbonyl (C=O) groups excluding carboxylic acids is 1. The van der Waals surface area contributed by atoms with Crippen LogP contribution < -0.4 is 5.32 Å². The van der Waals surface area contributed by atoms with Crippen molar-refractivity contribution in [3.8, 4) is 0 Å². The van der Waals surface area contributed by atoms with Gasteiger partial charge in [0.25, 0.3) is 0 Å². The van der Waals surface area contributed by atoms with Gasteiger partial charge in [-0.1, -0.05) is 54.6 Å². The van der Waals surface area contributed by atoms with Crippen molar-refractivity contribution < 1.29 is 4.79 Å². The van der Waals surface area contributed by atoms with E-state index in [-0.39, 0.29) is 36.8 Å². The van der Waals surface area contributed by atoms with Crippen LogP contribution in [0.15, 0.2) is 54.6 Å². The molecular formula is C23H29Cl2N3O. The predicted octanol–water partition coefficient (Wildman–Crippen LogP) is 3.31. The van der Waals surface area contributed by atoms with Crippen molar-refractivity contribution in [2.45, 2.75) is 19.0 Å². The molecule has 3 aliphatic rings. The van der Waals surface area contributed by atoms with Crippen LogP contribution in [-0.4, -0.2) is 48.4 Å². The van der Waals surface area contributed by atoms with E-state index in [4.69, 9.17) is 0 Å². The van der Waals surface area contributed by atoms with Crippen molar-refractivity contribution in [2.75, 3.05) is 32.7 Å². The maximum atomic E-state index is 13.3. The molecule has 4 nitrogen and oxygen atoms in total. The summed E-state index contributed by atoms with van der Waals surface area (Å²) in [6.07, 6.45) is 1.04. The topological polar surface area (TPSA) is 35.6 Å². The van der Waals surface area contributed by atoms with E-state index < -0.39 is 0 Å². The van der Waals surface area contributed by atoms with E-state index in [0.717, 1.165) is 39.1 Å². The third-order valence-electron chi connectivity index (χ3n) is 6.59. The summed E-state index contributed by atoms with van der Waals surface area (Å²) in [4.78, 5) is 17.8. The molecule has 0 aliphatic carbocycles. The summed E-state index contributed by atoms with van der Waals surface area (Å²) in [5.41, 5.74) is 4.09. The number of rotatable bonds is 3. The van der Waals surface area contributed by atoms with E-state index in [2.05, 4.69) is 69.7 Å². The number of halogens is 2. The molecule has 0 radical (unpaired) electrons. The highest BCUT2D eigenvalue weighted by Gasteiger charge is 2.46. The number of fused-ring (bicyclic) bond motifs is 2. The summed E-state index contributed by atoms with van der Waals surface area (Å²) < 4.78 is 0. The Bertz CT molecular complexity index is 832. The molecule has 3 heterocycles. The van der Waals surface area contributed by atoms with Crippen molar-refractivity contribution in [3.63, 3.8) is 0 Å². The fraction of sp³-hybridized carbons (Fsp3) is 0.435. The molecule has 29 heavy (non-hydrogen) atoms. The molecule has 3 aliphatic heterocycles. The first-order chi connectivity index (χ1) is 13.3. The normalized spacial score (nSPS) is 25.5. The average Bonchev–Trinajstić information content (AvgIpc) is 3.30. The lowest BCUT2D eigenvalue weighted by molar-refractivity contribution is -0.134. The fourth-order valence-corrected chi connectivity index (χ4v) is 5.23.